The molecular weight excluding hydrogens is 378 g/mol. The van der Waals surface area contributed by atoms with Crippen molar-refractivity contribution >= 4 is 16.2 Å². The number of sulfonamides is 1. The second kappa shape index (κ2) is 7.50. The Hall–Kier alpha value is -2.49. The van der Waals surface area contributed by atoms with E-state index in [2.05, 4.69) is 9.98 Å². The number of aromatic nitrogens is 2. The third-order valence-corrected chi connectivity index (χ3v) is 6.89. The second-order valence-electron chi connectivity index (χ2n) is 6.93. The predicted molar refractivity (Wildman–Crippen MR) is 105 cm³/mol. The molecule has 0 bridgehead atoms. The number of rotatable bonds is 5. The van der Waals surface area contributed by atoms with Gasteiger partial charge in [-0.15, -0.1) is 0 Å². The Bertz CT molecular complexity index is 986. The van der Waals surface area contributed by atoms with Crippen LogP contribution < -0.4 is 0 Å². The van der Waals surface area contributed by atoms with Gasteiger partial charge in [0.15, 0.2) is 5.03 Å². The molecule has 1 unspecified atom stereocenters. The van der Waals surface area contributed by atoms with E-state index < -0.39 is 16.4 Å². The quantitative estimate of drug-likeness (QED) is 0.757. The molecule has 28 heavy (non-hydrogen) atoms. The van der Waals surface area contributed by atoms with E-state index in [-0.39, 0.29) is 17.0 Å². The maximum Gasteiger partial charge on any atom is 0.262 e. The van der Waals surface area contributed by atoms with Gasteiger partial charge in [0.25, 0.3) is 10.0 Å². The van der Waals surface area contributed by atoms with Crippen molar-refractivity contribution in [2.75, 3.05) is 20.2 Å². The smallest absolute Gasteiger partial charge is 0.262 e. The molecule has 4 rings (SSSR count). The first-order chi connectivity index (χ1) is 13.5. The summed E-state index contributed by atoms with van der Waals surface area (Å²) in [7, 11) is -0.328. The molecule has 2 aliphatic heterocycles. The van der Waals surface area contributed by atoms with Crippen LogP contribution in [-0.2, 0) is 21.8 Å². The number of benzene rings is 1. The van der Waals surface area contributed by atoms with Crippen molar-refractivity contribution in [1.82, 2.24) is 18.8 Å². The molecule has 0 aliphatic carbocycles. The summed E-state index contributed by atoms with van der Waals surface area (Å²) in [4.78, 5) is 10.4. The van der Waals surface area contributed by atoms with E-state index >= 15 is 0 Å². The number of allylic oxidation sites excluding steroid dienone is 1. The van der Waals surface area contributed by atoms with Crippen molar-refractivity contribution in [1.29, 1.82) is 0 Å². The first kappa shape index (κ1) is 18.9. The lowest BCUT2D eigenvalue weighted by Crippen LogP contribution is -2.44. The Kier molecular flexibility index (Phi) is 5.05. The number of hydrogen-bond donors (Lipinski definition) is 0. The molecule has 0 radical (unpaired) electrons. The van der Waals surface area contributed by atoms with Crippen LogP contribution in [0.1, 0.15) is 11.5 Å². The van der Waals surface area contributed by atoms with E-state index in [1.165, 1.54) is 16.8 Å². The van der Waals surface area contributed by atoms with E-state index in [4.69, 9.17) is 4.74 Å². The minimum Gasteiger partial charge on any atom is -0.342 e. The van der Waals surface area contributed by atoms with Crippen molar-refractivity contribution in [3.8, 4) is 0 Å². The molecule has 0 spiro atoms. The van der Waals surface area contributed by atoms with Crippen LogP contribution in [0.25, 0.3) is 0 Å². The van der Waals surface area contributed by atoms with Gasteiger partial charge in [-0.3, -0.25) is 0 Å². The standard InChI is InChI=1S/C19H23N5O3S/c1-22-13-18(21-14-22)28(25,26)23-11-16(15-7-4-3-5-8-15)17(12-23)24-10-6-9-20-19(24)27-2/h3-10,13-14,16-17,19H,11-12H2,1-2H3/t16-,17+,19?/m1/s1. The lowest BCUT2D eigenvalue weighted by atomic mass is 9.93. The molecule has 148 valence electrons. The Balaban J connectivity index is 1.69. The highest BCUT2D eigenvalue weighted by atomic mass is 32.2. The first-order valence-corrected chi connectivity index (χ1v) is 10.5. The van der Waals surface area contributed by atoms with E-state index in [1.54, 1.807) is 24.9 Å². The van der Waals surface area contributed by atoms with Gasteiger partial charge in [-0.1, -0.05) is 30.3 Å². The molecule has 2 aliphatic rings. The highest BCUT2D eigenvalue weighted by Gasteiger charge is 2.44. The summed E-state index contributed by atoms with van der Waals surface area (Å²) in [5.41, 5.74) is 1.09. The Morgan fingerprint density at radius 2 is 1.96 bits per heavy atom. The first-order valence-electron chi connectivity index (χ1n) is 9.04. The fourth-order valence-electron chi connectivity index (χ4n) is 3.80. The number of imidazole rings is 1. The lowest BCUT2D eigenvalue weighted by Gasteiger charge is -2.36. The SMILES string of the molecule is COC1N=CC=CN1[C@H]1CN(S(=O)(=O)c2cn(C)cn2)C[C@@H]1c1ccccc1. The minimum absolute atomic E-state index is 0.0183. The molecule has 8 nitrogen and oxygen atoms in total. The van der Waals surface area contributed by atoms with Gasteiger partial charge < -0.3 is 14.2 Å². The zero-order chi connectivity index (χ0) is 19.7. The number of nitrogens with zero attached hydrogens (tertiary/aromatic N) is 5. The molecule has 1 fully saturated rings. The molecule has 3 heterocycles. The highest BCUT2D eigenvalue weighted by molar-refractivity contribution is 7.89. The summed E-state index contributed by atoms with van der Waals surface area (Å²) < 4.78 is 35.0. The topological polar surface area (TPSA) is 80.0 Å². The number of hydrogen-bond acceptors (Lipinski definition) is 6. The van der Waals surface area contributed by atoms with Crippen molar-refractivity contribution < 1.29 is 13.2 Å². The van der Waals surface area contributed by atoms with Crippen LogP contribution in [0.4, 0.5) is 0 Å². The molecule has 2 aromatic rings. The van der Waals surface area contributed by atoms with Gasteiger partial charge in [0.1, 0.15) is 0 Å². The van der Waals surface area contributed by atoms with Crippen molar-refractivity contribution in [3.63, 3.8) is 0 Å². The van der Waals surface area contributed by atoms with Crippen LogP contribution in [0.2, 0.25) is 0 Å². The zero-order valence-electron chi connectivity index (χ0n) is 15.8. The van der Waals surface area contributed by atoms with Crippen LogP contribution >= 0.6 is 0 Å². The number of ether oxygens (including phenoxy) is 1. The van der Waals surface area contributed by atoms with Gasteiger partial charge in [-0.2, -0.15) is 4.31 Å². The fourth-order valence-corrected chi connectivity index (χ4v) is 5.25. The van der Waals surface area contributed by atoms with Gasteiger partial charge in [0.05, 0.1) is 12.4 Å². The van der Waals surface area contributed by atoms with E-state index in [1.807, 2.05) is 47.5 Å². The monoisotopic (exact) mass is 401 g/mol. The number of aliphatic imine (C=N–C) groups is 1. The van der Waals surface area contributed by atoms with E-state index in [0.717, 1.165) is 5.56 Å². The van der Waals surface area contributed by atoms with Crippen LogP contribution in [0.15, 0.2) is 65.2 Å². The predicted octanol–water partition coefficient (Wildman–Crippen LogP) is 1.41. The maximum absolute atomic E-state index is 13.2. The molecule has 0 N–H and O–H groups in total. The van der Waals surface area contributed by atoms with Gasteiger partial charge >= 0.3 is 0 Å². The zero-order valence-corrected chi connectivity index (χ0v) is 16.6. The van der Waals surface area contributed by atoms with Crippen LogP contribution in [-0.4, -0.2) is 66.0 Å². The normalized spacial score (nSPS) is 25.5. The number of methoxy groups -OCH3 is 1. The van der Waals surface area contributed by atoms with Crippen molar-refractivity contribution in [3.05, 3.63) is 60.7 Å². The molecule has 0 amide bonds. The molecule has 1 saturated heterocycles. The molecule has 1 aromatic carbocycles. The van der Waals surface area contributed by atoms with Crippen LogP contribution in [0.5, 0.6) is 0 Å². The average molecular weight is 401 g/mol. The van der Waals surface area contributed by atoms with Gasteiger partial charge in [0.2, 0.25) is 6.35 Å². The van der Waals surface area contributed by atoms with E-state index in [0.29, 0.717) is 13.1 Å². The summed E-state index contributed by atoms with van der Waals surface area (Å²) in [5.74, 6) is -0.0183. The van der Waals surface area contributed by atoms with Crippen molar-refractivity contribution in [2.24, 2.45) is 12.0 Å². The Morgan fingerprint density at radius 3 is 2.64 bits per heavy atom. The molecule has 3 atom stereocenters. The number of aryl methyl sites for hydroxylation is 1. The summed E-state index contributed by atoms with van der Waals surface area (Å²) in [6, 6.07) is 9.86. The van der Waals surface area contributed by atoms with Crippen molar-refractivity contribution in [2.45, 2.75) is 23.3 Å². The summed E-state index contributed by atoms with van der Waals surface area (Å²) in [6.45, 7) is 0.705. The molecule has 0 saturated carbocycles. The Labute approximate surface area is 164 Å². The lowest BCUT2D eigenvalue weighted by molar-refractivity contribution is -0.0207. The minimum atomic E-state index is -3.68. The summed E-state index contributed by atoms with van der Waals surface area (Å²) >= 11 is 0. The third-order valence-electron chi connectivity index (χ3n) is 5.18. The average Bonchev–Trinajstić information content (AvgIpc) is 3.36. The molecular formula is C19H23N5O3S. The molecule has 1 aromatic heterocycles. The third kappa shape index (κ3) is 3.36. The van der Waals surface area contributed by atoms with E-state index in [9.17, 15) is 8.42 Å². The van der Waals surface area contributed by atoms with Crippen LogP contribution in [0, 0.1) is 0 Å². The Morgan fingerprint density at radius 1 is 1.18 bits per heavy atom. The van der Waals surface area contributed by atoms with Crippen LogP contribution in [0.3, 0.4) is 0 Å². The fraction of sp³-hybridized carbons (Fsp3) is 0.368. The summed E-state index contributed by atoms with van der Waals surface area (Å²) in [6.07, 6.45) is 8.01. The van der Waals surface area contributed by atoms with Gasteiger partial charge in [0, 0.05) is 51.8 Å². The second-order valence-corrected chi connectivity index (χ2v) is 8.82. The largest absolute Gasteiger partial charge is 0.342 e. The highest BCUT2D eigenvalue weighted by Crippen LogP contribution is 2.35. The summed E-state index contributed by atoms with van der Waals surface area (Å²) in [5, 5.41) is 0.0676. The van der Waals surface area contributed by atoms with Gasteiger partial charge in [-0.25, -0.2) is 18.4 Å². The maximum atomic E-state index is 13.2. The van der Waals surface area contributed by atoms with Gasteiger partial charge in [-0.05, 0) is 11.6 Å². The molecule has 9 heteroatoms.